The van der Waals surface area contributed by atoms with E-state index in [1.807, 2.05) is 60.7 Å². The third-order valence-electron chi connectivity index (χ3n) is 7.55. The van der Waals surface area contributed by atoms with E-state index in [1.165, 1.54) is 15.9 Å². The molecule has 51 heavy (non-hydrogen) atoms. The van der Waals surface area contributed by atoms with Crippen LogP contribution in [0.2, 0.25) is 0 Å². The number of amidine groups is 2. The number of halogens is 1. The van der Waals surface area contributed by atoms with Crippen molar-refractivity contribution >= 4 is 75.9 Å². The molecule has 5 rings (SSSR count). The Morgan fingerprint density at radius 1 is 0.608 bits per heavy atom. The standard InChI is InChI=1S/C38H38N7OPS2.BrH.Cu/c1-40-37(48)44-42-36(30-22-24-31(39)25-23-30)35(29-14-6-2-7-15-29)43-45-38(49)41-26-27-46-28-47(32-16-8-3-9-17-32,33-18-10-4-11-19-33)34-20-12-5-13-21-34;;/h2-25H,26-28H2,1H3,(H5-,39,40,41,42,43,44,45,48,49);1H;/q;;+2/p-2. The Labute approximate surface area is 332 Å². The molecule has 0 aromatic heterocycles. The largest absolute Gasteiger partial charge is 2.00 e. The second kappa shape index (κ2) is 21.4. The molecule has 0 unspecified atom stereocenters. The minimum absolute atomic E-state index is 0. The van der Waals surface area contributed by atoms with Gasteiger partial charge in [0.2, 0.25) is 0 Å². The van der Waals surface area contributed by atoms with Gasteiger partial charge in [0.15, 0.2) is 6.35 Å². The zero-order valence-electron chi connectivity index (χ0n) is 27.7. The molecule has 8 nitrogen and oxygen atoms in total. The molecule has 4 N–H and O–H groups in total. The maximum absolute atomic E-state index is 6.47. The normalized spacial score (nSPS) is 12.3. The zero-order valence-corrected chi connectivity index (χ0v) is 32.8. The summed E-state index contributed by atoms with van der Waals surface area (Å²) in [6.45, 7) is 0.860. The minimum Gasteiger partial charge on any atom is -1.00 e. The van der Waals surface area contributed by atoms with Crippen molar-refractivity contribution in [2.75, 3.05) is 32.3 Å². The third kappa shape index (κ3) is 11.2. The van der Waals surface area contributed by atoms with Crippen LogP contribution in [0.15, 0.2) is 166 Å². The number of anilines is 1. The predicted molar refractivity (Wildman–Crippen MR) is 213 cm³/mol. The Balaban J connectivity index is 0.00000351. The average Bonchev–Trinajstić information content (AvgIpc) is 3.16. The second-order valence-corrected chi connectivity index (χ2v) is 14.9. The summed E-state index contributed by atoms with van der Waals surface area (Å²) in [7, 11) is -0.422. The van der Waals surface area contributed by atoms with Crippen LogP contribution in [0.25, 0.3) is 0 Å². The van der Waals surface area contributed by atoms with Gasteiger partial charge >= 0.3 is 17.1 Å². The van der Waals surface area contributed by atoms with Gasteiger partial charge in [-0.15, -0.1) is 10.2 Å². The summed E-state index contributed by atoms with van der Waals surface area (Å²) in [5, 5.41) is 27.8. The van der Waals surface area contributed by atoms with E-state index in [0.717, 1.165) is 11.1 Å². The zero-order chi connectivity index (χ0) is 34.3. The molecule has 0 amide bonds. The Bertz CT molecular complexity index is 1810. The molecule has 0 atom stereocenters. The first-order valence-electron chi connectivity index (χ1n) is 15.6. The van der Waals surface area contributed by atoms with Crippen molar-refractivity contribution in [3.63, 3.8) is 0 Å². The van der Waals surface area contributed by atoms with Crippen molar-refractivity contribution in [2.45, 2.75) is 0 Å². The molecule has 0 bridgehead atoms. The smallest absolute Gasteiger partial charge is 1.00 e. The Morgan fingerprint density at radius 2 is 1.02 bits per heavy atom. The number of ether oxygens (including phenoxy) is 1. The van der Waals surface area contributed by atoms with E-state index in [9.17, 15) is 0 Å². The first-order valence-corrected chi connectivity index (χ1v) is 18.4. The monoisotopic (exact) mass is 844 g/mol. The Morgan fingerprint density at radius 3 is 1.47 bits per heavy atom. The van der Waals surface area contributed by atoms with E-state index in [1.54, 1.807) is 19.2 Å². The Kier molecular flexibility index (Phi) is 17.4. The van der Waals surface area contributed by atoms with Gasteiger partial charge in [-0.3, -0.25) is 0 Å². The first kappa shape index (κ1) is 41.4. The molecule has 1 radical (unpaired) electrons. The van der Waals surface area contributed by atoms with E-state index >= 15 is 0 Å². The van der Waals surface area contributed by atoms with Crippen LogP contribution >= 0.6 is 7.26 Å². The summed E-state index contributed by atoms with van der Waals surface area (Å²) in [5.74, 6) is 0. The number of hydrogen-bond acceptors (Lipinski definition) is 8. The number of nitrogens with zero attached hydrogens (tertiary/aromatic N) is 4. The van der Waals surface area contributed by atoms with Gasteiger partial charge in [-0.2, -0.15) is 10.2 Å². The second-order valence-electron chi connectivity index (χ2n) is 10.7. The number of nitrogen functional groups attached to an aromatic ring is 1. The van der Waals surface area contributed by atoms with Crippen molar-refractivity contribution in [3.8, 4) is 0 Å². The molecule has 0 aliphatic heterocycles. The fourth-order valence-electron chi connectivity index (χ4n) is 5.15. The van der Waals surface area contributed by atoms with Crippen molar-refractivity contribution in [1.29, 1.82) is 0 Å². The van der Waals surface area contributed by atoms with E-state index in [0.29, 0.717) is 36.6 Å². The van der Waals surface area contributed by atoms with Gasteiger partial charge in [-0.05, 0) is 58.9 Å². The number of hydrogen-bond donors (Lipinski definition) is 3. The van der Waals surface area contributed by atoms with Crippen LogP contribution in [-0.4, -0.2) is 48.3 Å². The van der Waals surface area contributed by atoms with Gasteiger partial charge in [0.1, 0.15) is 34.6 Å². The number of rotatable bonds is 13. The summed E-state index contributed by atoms with van der Waals surface area (Å²) in [6, 6.07) is 48.8. The number of benzene rings is 5. The SMILES string of the molecule is CNC([S-])=NN=C(C(=NN=C([S-])NCCOC[P+](c1ccccc1)(c1ccccc1)c1ccccc1)c1ccccc1)c1ccc(N)cc1.[Br-].[Cu+2]. The van der Waals surface area contributed by atoms with Crippen LogP contribution in [0.5, 0.6) is 0 Å². The molecule has 265 valence electrons. The van der Waals surface area contributed by atoms with Crippen LogP contribution < -0.4 is 49.3 Å². The molecule has 5 aromatic rings. The van der Waals surface area contributed by atoms with Gasteiger partial charge in [-0.1, -0.05) is 97.1 Å². The molecular weight excluding hydrogens is 809 g/mol. The Hall–Kier alpha value is -3.99. The van der Waals surface area contributed by atoms with E-state index in [4.69, 9.17) is 35.7 Å². The van der Waals surface area contributed by atoms with E-state index < -0.39 is 7.26 Å². The maximum atomic E-state index is 6.47. The fourth-order valence-corrected chi connectivity index (χ4v) is 9.12. The van der Waals surface area contributed by atoms with Crippen LogP contribution in [0.1, 0.15) is 11.1 Å². The van der Waals surface area contributed by atoms with E-state index in [2.05, 4.69) is 104 Å². The first-order chi connectivity index (χ1) is 24.0. The number of nitrogens with one attached hydrogen (secondary N) is 2. The summed E-state index contributed by atoms with van der Waals surface area (Å²) < 4.78 is 6.47. The summed E-state index contributed by atoms with van der Waals surface area (Å²) >= 11 is 10.8. The molecule has 0 spiro atoms. The van der Waals surface area contributed by atoms with Gasteiger partial charge in [0.25, 0.3) is 0 Å². The van der Waals surface area contributed by atoms with Crippen LogP contribution in [0.4, 0.5) is 5.69 Å². The molecule has 0 fully saturated rings. The maximum Gasteiger partial charge on any atom is 2.00 e. The van der Waals surface area contributed by atoms with Crippen molar-refractivity contribution < 1.29 is 38.8 Å². The summed E-state index contributed by atoms with van der Waals surface area (Å²) in [5.41, 5.74) is 9.03. The molecule has 0 heterocycles. The fraction of sp³-hybridized carbons (Fsp3) is 0.105. The molecule has 5 aromatic carbocycles. The van der Waals surface area contributed by atoms with Gasteiger partial charge in [0, 0.05) is 30.4 Å². The van der Waals surface area contributed by atoms with Crippen LogP contribution in [0, 0.1) is 0 Å². The molecule has 0 aliphatic rings. The van der Waals surface area contributed by atoms with E-state index in [-0.39, 0.29) is 44.4 Å². The van der Waals surface area contributed by atoms with Gasteiger partial charge in [0.05, 0.1) is 6.61 Å². The van der Waals surface area contributed by atoms with Crippen molar-refractivity contribution in [2.24, 2.45) is 20.4 Å². The third-order valence-corrected chi connectivity index (χ3v) is 12.2. The average molecular weight is 846 g/mol. The molecule has 13 heteroatoms. The number of nitrogens with two attached hydrogens (primary N) is 1. The van der Waals surface area contributed by atoms with Crippen LogP contribution in [0.3, 0.4) is 0 Å². The minimum atomic E-state index is -2.11. The molecule has 0 saturated heterocycles. The molecular formula is C38H37BrCuN7OPS2. The topological polar surface area (TPSA) is 109 Å². The summed E-state index contributed by atoms with van der Waals surface area (Å²) in [6.07, 6.45) is 0.534. The van der Waals surface area contributed by atoms with Gasteiger partial charge < -0.3 is 63.3 Å². The predicted octanol–water partition coefficient (Wildman–Crippen LogP) is 1.96. The summed E-state index contributed by atoms with van der Waals surface area (Å²) in [4.78, 5) is 0. The quantitative estimate of drug-likeness (QED) is 0.0245. The molecule has 0 saturated carbocycles. The van der Waals surface area contributed by atoms with Gasteiger partial charge in [-0.25, -0.2) is 0 Å². The van der Waals surface area contributed by atoms with Crippen LogP contribution in [-0.2, 0) is 47.1 Å². The molecule has 0 aliphatic carbocycles. The van der Waals surface area contributed by atoms with Crippen molar-refractivity contribution in [3.05, 3.63) is 157 Å². The van der Waals surface area contributed by atoms with Crippen molar-refractivity contribution in [1.82, 2.24) is 10.6 Å².